The van der Waals surface area contributed by atoms with Crippen molar-refractivity contribution in [3.8, 4) is 11.5 Å². The second kappa shape index (κ2) is 10.2. The summed E-state index contributed by atoms with van der Waals surface area (Å²) in [5.41, 5.74) is 12.3. The van der Waals surface area contributed by atoms with Gasteiger partial charge in [-0.25, -0.2) is 0 Å². The molecule has 0 saturated heterocycles. The van der Waals surface area contributed by atoms with Crippen LogP contribution >= 0.6 is 12.2 Å². The summed E-state index contributed by atoms with van der Waals surface area (Å²) in [5, 5.41) is 3.76. The second-order valence-electron chi connectivity index (χ2n) is 8.85. The highest BCUT2D eigenvalue weighted by atomic mass is 32.1. The Morgan fingerprint density at radius 3 is 2.50 bits per heavy atom. The van der Waals surface area contributed by atoms with E-state index in [0.717, 1.165) is 40.4 Å². The van der Waals surface area contributed by atoms with Gasteiger partial charge < -0.3 is 14.8 Å². The lowest BCUT2D eigenvalue weighted by molar-refractivity contribution is 0.157. The number of nitrogens with one attached hydrogen (secondary N) is 3. The fourth-order valence-electron chi connectivity index (χ4n) is 3.90. The maximum Gasteiger partial charge on any atom is 0.189 e. The molecule has 1 aliphatic rings. The van der Waals surface area contributed by atoms with E-state index < -0.39 is 5.60 Å². The van der Waals surface area contributed by atoms with Crippen LogP contribution in [0.15, 0.2) is 72.8 Å². The van der Waals surface area contributed by atoms with Crippen LogP contribution in [0.25, 0.3) is 5.70 Å². The SMILES string of the molecule is CCc1ccccc1NC(=S)NNC1=CC(C)(C)Oc2ccc(OCc3ccccc3C)cc21. The first-order valence-corrected chi connectivity index (χ1v) is 11.9. The molecule has 0 aromatic heterocycles. The minimum atomic E-state index is -0.468. The van der Waals surface area contributed by atoms with Gasteiger partial charge in [0.15, 0.2) is 5.11 Å². The predicted octanol–water partition coefficient (Wildman–Crippen LogP) is 6.14. The van der Waals surface area contributed by atoms with Gasteiger partial charge in [-0.1, -0.05) is 49.4 Å². The number of para-hydroxylation sites is 1. The third-order valence-electron chi connectivity index (χ3n) is 5.72. The third kappa shape index (κ3) is 5.69. The minimum absolute atomic E-state index is 0.468. The Hall–Kier alpha value is -3.51. The molecule has 0 atom stereocenters. The maximum atomic E-state index is 6.17. The van der Waals surface area contributed by atoms with E-state index in [0.29, 0.717) is 11.7 Å². The van der Waals surface area contributed by atoms with Crippen LogP contribution in [0.5, 0.6) is 11.5 Å². The first-order valence-electron chi connectivity index (χ1n) is 11.5. The van der Waals surface area contributed by atoms with Crippen molar-refractivity contribution in [3.63, 3.8) is 0 Å². The Labute approximate surface area is 207 Å². The quantitative estimate of drug-likeness (QED) is 0.283. The molecule has 3 N–H and O–H groups in total. The number of hydrazine groups is 1. The van der Waals surface area contributed by atoms with Crippen molar-refractivity contribution < 1.29 is 9.47 Å². The van der Waals surface area contributed by atoms with E-state index in [1.54, 1.807) is 0 Å². The normalized spacial score (nSPS) is 13.7. The van der Waals surface area contributed by atoms with Crippen molar-refractivity contribution in [2.24, 2.45) is 0 Å². The molecule has 34 heavy (non-hydrogen) atoms. The number of rotatable bonds is 7. The first-order chi connectivity index (χ1) is 16.3. The van der Waals surface area contributed by atoms with Crippen molar-refractivity contribution in [3.05, 3.63) is 95.1 Å². The molecule has 6 heteroatoms. The summed E-state index contributed by atoms with van der Waals surface area (Å²) in [6.45, 7) is 8.77. The van der Waals surface area contributed by atoms with Crippen LogP contribution in [0.3, 0.4) is 0 Å². The highest BCUT2D eigenvalue weighted by Gasteiger charge is 2.27. The van der Waals surface area contributed by atoms with Gasteiger partial charge in [0, 0.05) is 11.3 Å². The van der Waals surface area contributed by atoms with Crippen molar-refractivity contribution in [1.29, 1.82) is 0 Å². The van der Waals surface area contributed by atoms with E-state index >= 15 is 0 Å². The Morgan fingerprint density at radius 1 is 1.00 bits per heavy atom. The number of ether oxygens (including phenoxy) is 2. The number of hydrogen-bond acceptors (Lipinski definition) is 4. The molecular formula is C28H31N3O2S. The number of aryl methyl sites for hydroxylation is 2. The molecule has 0 saturated carbocycles. The Bertz CT molecular complexity index is 1220. The fraction of sp³-hybridized carbons (Fsp3) is 0.250. The molecule has 176 valence electrons. The zero-order chi connectivity index (χ0) is 24.1. The van der Waals surface area contributed by atoms with Gasteiger partial charge in [-0.15, -0.1) is 0 Å². The summed E-state index contributed by atoms with van der Waals surface area (Å²) in [5.74, 6) is 1.56. The molecule has 4 rings (SSSR count). The highest BCUT2D eigenvalue weighted by Crippen LogP contribution is 2.37. The van der Waals surface area contributed by atoms with Gasteiger partial charge in [-0.2, -0.15) is 0 Å². The van der Waals surface area contributed by atoms with Crippen LogP contribution in [0.2, 0.25) is 0 Å². The van der Waals surface area contributed by atoms with E-state index in [1.165, 1.54) is 11.1 Å². The van der Waals surface area contributed by atoms with Crippen molar-refractivity contribution in [2.45, 2.75) is 46.3 Å². The molecule has 1 heterocycles. The van der Waals surface area contributed by atoms with E-state index in [9.17, 15) is 0 Å². The molecule has 0 bridgehead atoms. The standard InChI is InChI=1S/C28H31N3O2S/c1-5-20-11-8-9-13-24(20)29-27(34)31-30-25-17-28(3,4)33-26-15-14-22(16-23(25)26)32-18-21-12-7-6-10-19(21)2/h6-17,30H,5,18H2,1-4H3,(H2,29,31,34). The smallest absolute Gasteiger partial charge is 0.189 e. The van der Waals surface area contributed by atoms with Gasteiger partial charge in [0.2, 0.25) is 0 Å². The van der Waals surface area contributed by atoms with Gasteiger partial charge in [0.05, 0.1) is 5.70 Å². The summed E-state index contributed by atoms with van der Waals surface area (Å²) in [4.78, 5) is 0. The largest absolute Gasteiger partial charge is 0.489 e. The maximum absolute atomic E-state index is 6.17. The van der Waals surface area contributed by atoms with Gasteiger partial charge in [-0.05, 0) is 86.4 Å². The summed E-state index contributed by atoms with van der Waals surface area (Å²) in [6.07, 6.45) is 2.96. The van der Waals surface area contributed by atoms with E-state index in [2.05, 4.69) is 48.2 Å². The van der Waals surface area contributed by atoms with E-state index in [4.69, 9.17) is 21.7 Å². The van der Waals surface area contributed by atoms with Gasteiger partial charge in [-0.3, -0.25) is 10.9 Å². The molecular weight excluding hydrogens is 442 g/mol. The Morgan fingerprint density at radius 2 is 1.74 bits per heavy atom. The van der Waals surface area contributed by atoms with Crippen LogP contribution in [0, 0.1) is 6.92 Å². The molecule has 3 aromatic carbocycles. The predicted molar refractivity (Wildman–Crippen MR) is 143 cm³/mol. The summed E-state index contributed by atoms with van der Waals surface area (Å²) >= 11 is 5.53. The summed E-state index contributed by atoms with van der Waals surface area (Å²) < 4.78 is 12.3. The number of thiocarbonyl (C=S) groups is 1. The third-order valence-corrected chi connectivity index (χ3v) is 5.92. The van der Waals surface area contributed by atoms with Gasteiger partial charge >= 0.3 is 0 Å². The molecule has 0 amide bonds. The summed E-state index contributed by atoms with van der Waals surface area (Å²) in [6, 6.07) is 22.3. The number of benzene rings is 3. The highest BCUT2D eigenvalue weighted by molar-refractivity contribution is 7.80. The van der Waals surface area contributed by atoms with Gasteiger partial charge in [0.1, 0.15) is 23.7 Å². The number of fused-ring (bicyclic) bond motifs is 1. The second-order valence-corrected chi connectivity index (χ2v) is 9.26. The van der Waals surface area contributed by atoms with Gasteiger partial charge in [0.25, 0.3) is 0 Å². The molecule has 1 aliphatic heterocycles. The molecule has 3 aromatic rings. The topological polar surface area (TPSA) is 54.5 Å². The van der Waals surface area contributed by atoms with E-state index in [1.807, 2.05) is 68.5 Å². The zero-order valence-electron chi connectivity index (χ0n) is 20.1. The monoisotopic (exact) mass is 473 g/mol. The first kappa shape index (κ1) is 23.6. The molecule has 0 radical (unpaired) electrons. The average Bonchev–Trinajstić information content (AvgIpc) is 2.82. The van der Waals surface area contributed by atoms with Crippen LogP contribution in [-0.4, -0.2) is 10.7 Å². The lowest BCUT2D eigenvalue weighted by atomic mass is 9.99. The van der Waals surface area contributed by atoms with Crippen LogP contribution in [0.4, 0.5) is 5.69 Å². The zero-order valence-corrected chi connectivity index (χ0v) is 20.9. The number of hydrogen-bond donors (Lipinski definition) is 3. The lowest BCUT2D eigenvalue weighted by Gasteiger charge is -2.32. The van der Waals surface area contributed by atoms with Crippen LogP contribution in [0.1, 0.15) is 43.0 Å². The molecule has 0 unspecified atom stereocenters. The van der Waals surface area contributed by atoms with E-state index in [-0.39, 0.29) is 0 Å². The number of anilines is 1. The molecule has 5 nitrogen and oxygen atoms in total. The van der Waals surface area contributed by atoms with Crippen molar-refractivity contribution >= 4 is 28.7 Å². The Kier molecular flexibility index (Phi) is 7.08. The molecule has 0 fully saturated rings. The van der Waals surface area contributed by atoms with Crippen LogP contribution in [-0.2, 0) is 13.0 Å². The van der Waals surface area contributed by atoms with Crippen molar-refractivity contribution in [1.82, 2.24) is 10.9 Å². The summed E-state index contributed by atoms with van der Waals surface area (Å²) in [7, 11) is 0. The lowest BCUT2D eigenvalue weighted by Crippen LogP contribution is -2.41. The minimum Gasteiger partial charge on any atom is -0.489 e. The van der Waals surface area contributed by atoms with Crippen molar-refractivity contribution in [2.75, 3.05) is 5.32 Å². The molecule has 0 aliphatic carbocycles. The molecule has 0 spiro atoms. The van der Waals surface area contributed by atoms with Crippen LogP contribution < -0.4 is 25.6 Å². The Balaban J connectivity index is 1.48. The average molecular weight is 474 g/mol. The fourth-order valence-corrected chi connectivity index (χ4v) is 4.06.